The van der Waals surface area contributed by atoms with Crippen LogP contribution in [0.4, 0.5) is 24.7 Å². The molecule has 5 rings (SSSR count). The summed E-state index contributed by atoms with van der Waals surface area (Å²) < 4.78 is 41.5. The molecule has 4 aromatic rings. The minimum absolute atomic E-state index is 0.0664. The van der Waals surface area contributed by atoms with Crippen LogP contribution in [0, 0.1) is 0 Å². The lowest BCUT2D eigenvalue weighted by atomic mass is 10.1. The summed E-state index contributed by atoms with van der Waals surface area (Å²) in [6, 6.07) is 3.74. The number of nitrogens with two attached hydrogens (primary N) is 1. The molecule has 1 aliphatic rings. The fourth-order valence-corrected chi connectivity index (χ4v) is 4.69. The van der Waals surface area contributed by atoms with Gasteiger partial charge in [-0.3, -0.25) is 23.9 Å². The lowest BCUT2D eigenvalue weighted by Crippen LogP contribution is -2.46. The lowest BCUT2D eigenvalue weighted by Gasteiger charge is -2.21. The van der Waals surface area contributed by atoms with Crippen LogP contribution in [0.25, 0.3) is 16.9 Å². The van der Waals surface area contributed by atoms with E-state index in [1.807, 2.05) is 0 Å². The van der Waals surface area contributed by atoms with Crippen LogP contribution in [-0.2, 0) is 15.8 Å². The number of nitrogens with one attached hydrogen (secondary N) is 3. The monoisotopic (exact) mass is 607 g/mol. The van der Waals surface area contributed by atoms with E-state index in [0.717, 1.165) is 6.20 Å². The van der Waals surface area contributed by atoms with Gasteiger partial charge in [-0.15, -0.1) is 0 Å². The molecule has 4 heterocycles. The Bertz CT molecular complexity index is 1610. The van der Waals surface area contributed by atoms with Crippen molar-refractivity contribution in [1.29, 1.82) is 0 Å². The van der Waals surface area contributed by atoms with Crippen LogP contribution in [0.3, 0.4) is 0 Å². The smallest absolute Gasteiger partial charge is 0.435 e. The van der Waals surface area contributed by atoms with Gasteiger partial charge in [-0.1, -0.05) is 11.6 Å². The van der Waals surface area contributed by atoms with Crippen molar-refractivity contribution < 1.29 is 32.7 Å². The summed E-state index contributed by atoms with van der Waals surface area (Å²) in [6.07, 6.45) is 1.40. The second kappa shape index (κ2) is 12.4. The van der Waals surface area contributed by atoms with Gasteiger partial charge in [0.1, 0.15) is 6.04 Å². The van der Waals surface area contributed by atoms with Crippen molar-refractivity contribution in [3.8, 4) is 11.3 Å². The molecule has 222 valence electrons. The van der Waals surface area contributed by atoms with Crippen LogP contribution in [0.2, 0.25) is 5.02 Å². The van der Waals surface area contributed by atoms with Gasteiger partial charge in [-0.2, -0.15) is 18.3 Å². The van der Waals surface area contributed by atoms with Crippen LogP contribution in [0.15, 0.2) is 43.0 Å². The molecular weight excluding hydrogens is 583 g/mol. The highest BCUT2D eigenvalue weighted by Crippen LogP contribution is 2.36. The molecule has 2 amide bonds. The number of likely N-dealkylation sites (tertiary alicyclic amines) is 1. The Labute approximate surface area is 240 Å². The molecule has 2 atom stereocenters. The van der Waals surface area contributed by atoms with E-state index in [0.29, 0.717) is 25.2 Å². The molecule has 1 saturated heterocycles. The van der Waals surface area contributed by atoms with Gasteiger partial charge in [0.05, 0.1) is 28.0 Å². The number of amides is 2. The summed E-state index contributed by atoms with van der Waals surface area (Å²) in [5.74, 6) is -0.492. The Morgan fingerprint density at radius 3 is 2.69 bits per heavy atom. The Morgan fingerprint density at radius 1 is 1.31 bits per heavy atom. The highest BCUT2D eigenvalue weighted by molar-refractivity contribution is 6.34. The van der Waals surface area contributed by atoms with E-state index in [4.69, 9.17) is 27.2 Å². The molecule has 42 heavy (non-hydrogen) atoms. The van der Waals surface area contributed by atoms with E-state index in [1.165, 1.54) is 35.1 Å². The van der Waals surface area contributed by atoms with E-state index in [2.05, 4.69) is 30.8 Å². The minimum Gasteiger partial charge on any atom is -0.483 e. The van der Waals surface area contributed by atoms with Gasteiger partial charge in [0, 0.05) is 43.4 Å². The molecule has 3 aromatic heterocycles. The third kappa shape index (κ3) is 6.44. The average molecular weight is 608 g/mol. The van der Waals surface area contributed by atoms with Crippen molar-refractivity contribution in [2.75, 3.05) is 18.4 Å². The zero-order chi connectivity index (χ0) is 30.6. The summed E-state index contributed by atoms with van der Waals surface area (Å²) >= 11 is 6.38. The fraction of sp³-hybridized carbons (Fsp3) is 0.280. The van der Waals surface area contributed by atoms with Crippen molar-refractivity contribution in [3.05, 3.63) is 59.3 Å². The second-order valence-electron chi connectivity index (χ2n) is 9.21. The highest BCUT2D eigenvalue weighted by atomic mass is 35.5. The molecule has 13 nitrogen and oxygen atoms in total. The molecule has 1 aliphatic heterocycles. The van der Waals surface area contributed by atoms with Crippen molar-refractivity contribution >= 4 is 47.0 Å². The first kappa shape index (κ1) is 30.3. The molecule has 0 aliphatic carbocycles. The van der Waals surface area contributed by atoms with Crippen molar-refractivity contribution in [3.63, 3.8) is 0 Å². The van der Waals surface area contributed by atoms with Crippen LogP contribution >= 0.6 is 11.6 Å². The first-order valence-corrected chi connectivity index (χ1v) is 12.8. The zero-order valence-corrected chi connectivity index (χ0v) is 22.6. The minimum atomic E-state index is -4.65. The normalized spacial score (nSPS) is 15.6. The van der Waals surface area contributed by atoms with Gasteiger partial charge in [-0.05, 0) is 31.5 Å². The maximum absolute atomic E-state index is 13.4. The van der Waals surface area contributed by atoms with E-state index < -0.39 is 23.8 Å². The number of carboxylic acid groups (broad SMARTS) is 1. The number of anilines is 2. The number of hydrogen-bond donors (Lipinski definition) is 5. The topological polar surface area (TPSA) is 184 Å². The van der Waals surface area contributed by atoms with Gasteiger partial charge < -0.3 is 26.4 Å². The predicted octanol–water partition coefficient (Wildman–Crippen LogP) is 2.91. The average Bonchev–Trinajstić information content (AvgIpc) is 3.68. The quantitative estimate of drug-likeness (QED) is 0.206. The predicted molar refractivity (Wildman–Crippen MR) is 145 cm³/mol. The summed E-state index contributed by atoms with van der Waals surface area (Å²) in [6.45, 7) is 2.34. The van der Waals surface area contributed by atoms with E-state index in [1.54, 1.807) is 17.9 Å². The van der Waals surface area contributed by atoms with E-state index in [9.17, 15) is 22.8 Å². The maximum Gasteiger partial charge on any atom is 0.435 e. The standard InChI is InChI=1S/C24H23ClF3N9O2.CH2O2/c1-12(23(39)36-6-4-13(29)11-36)33-22(38)15-3-2-14(8-17(15)25)34-20-21-31-10-18(37(21)7-5-30-20)16-9-32-35-19(16)24(26,27)28;2-1-3/h2-3,5,7-10,12-13H,4,6,11,29H2,1H3,(H,30,34)(H,32,35)(H,33,38);1H,(H,2,3)/t12-,13+;/m1./s1. The number of benzene rings is 1. The number of aromatic amines is 1. The largest absolute Gasteiger partial charge is 0.483 e. The van der Waals surface area contributed by atoms with Gasteiger partial charge >= 0.3 is 6.18 Å². The number of fused-ring (bicyclic) bond motifs is 1. The van der Waals surface area contributed by atoms with Gasteiger partial charge in [0.15, 0.2) is 17.2 Å². The highest BCUT2D eigenvalue weighted by Gasteiger charge is 2.37. The summed E-state index contributed by atoms with van der Waals surface area (Å²) in [5.41, 5.74) is 5.68. The number of H-pyrrole nitrogens is 1. The SMILES string of the molecule is C[C@@H](NC(=O)c1ccc(Nc2nccn3c(-c4c[nH]nc4C(F)(F)F)cnc23)cc1Cl)C(=O)N1CC[C@H](N)C1.O=CO. The third-order valence-corrected chi connectivity index (χ3v) is 6.66. The Balaban J connectivity index is 0.00000129. The zero-order valence-electron chi connectivity index (χ0n) is 21.9. The molecule has 17 heteroatoms. The first-order chi connectivity index (χ1) is 19.9. The third-order valence-electron chi connectivity index (χ3n) is 6.34. The van der Waals surface area contributed by atoms with Gasteiger partial charge in [0.25, 0.3) is 12.4 Å². The lowest BCUT2D eigenvalue weighted by molar-refractivity contribution is -0.140. The second-order valence-corrected chi connectivity index (χ2v) is 9.62. The molecule has 0 bridgehead atoms. The number of aromatic nitrogens is 5. The van der Waals surface area contributed by atoms with Gasteiger partial charge in [0.2, 0.25) is 5.91 Å². The van der Waals surface area contributed by atoms with E-state index >= 15 is 0 Å². The molecule has 6 N–H and O–H groups in total. The first-order valence-electron chi connectivity index (χ1n) is 12.4. The Hall–Kier alpha value is -4.70. The number of nitrogens with zero attached hydrogens (tertiary/aromatic N) is 5. The molecule has 1 fully saturated rings. The molecule has 0 saturated carbocycles. The molecule has 0 unspecified atom stereocenters. The summed E-state index contributed by atoms with van der Waals surface area (Å²) in [5, 5.41) is 18.3. The molecule has 0 radical (unpaired) electrons. The summed E-state index contributed by atoms with van der Waals surface area (Å²) in [4.78, 5) is 43.8. The van der Waals surface area contributed by atoms with Crippen molar-refractivity contribution in [2.45, 2.75) is 31.6 Å². The Morgan fingerprint density at radius 2 is 2.05 bits per heavy atom. The number of rotatable bonds is 6. The number of carbonyl (C=O) groups excluding carboxylic acids is 2. The molecular formula is C25H25ClF3N9O4. The maximum atomic E-state index is 13.4. The van der Waals surface area contributed by atoms with Crippen molar-refractivity contribution in [1.82, 2.24) is 34.8 Å². The summed E-state index contributed by atoms with van der Waals surface area (Å²) in [7, 11) is 0. The number of carbonyl (C=O) groups is 3. The number of alkyl halides is 3. The number of halogens is 4. The Kier molecular flexibility index (Phi) is 8.96. The fourth-order valence-electron chi connectivity index (χ4n) is 4.42. The number of hydrogen-bond acceptors (Lipinski definition) is 8. The van der Waals surface area contributed by atoms with Crippen LogP contribution in [0.5, 0.6) is 0 Å². The van der Waals surface area contributed by atoms with Crippen LogP contribution < -0.4 is 16.4 Å². The van der Waals surface area contributed by atoms with E-state index in [-0.39, 0.29) is 51.7 Å². The van der Waals surface area contributed by atoms with Gasteiger partial charge in [-0.25, -0.2) is 9.97 Å². The van der Waals surface area contributed by atoms with Crippen LogP contribution in [0.1, 0.15) is 29.4 Å². The number of imidazole rings is 1. The van der Waals surface area contributed by atoms with Crippen molar-refractivity contribution in [2.24, 2.45) is 5.73 Å². The van der Waals surface area contributed by atoms with Crippen LogP contribution in [-0.4, -0.2) is 78.0 Å². The molecule has 1 aromatic carbocycles. The molecule has 0 spiro atoms.